The van der Waals surface area contributed by atoms with E-state index in [4.69, 9.17) is 13.8 Å². The number of fused-ring (bicyclic) bond motifs is 9. The van der Waals surface area contributed by atoms with Crippen LogP contribution in [0.25, 0.3) is 77.5 Å². The number of nitrogens with zero attached hydrogens (tertiary/aromatic N) is 2. The largest absolute Gasteiger partial charge is 0.456 e. The van der Waals surface area contributed by atoms with Gasteiger partial charge in [-0.15, -0.1) is 0 Å². The lowest BCUT2D eigenvalue weighted by Crippen LogP contribution is -2.16. The lowest BCUT2D eigenvalue weighted by atomic mass is 9.82. The van der Waals surface area contributed by atoms with Crippen molar-refractivity contribution in [1.82, 2.24) is 4.98 Å². The summed E-state index contributed by atoms with van der Waals surface area (Å²) in [5.41, 5.74) is 14.9. The molecule has 0 amide bonds. The van der Waals surface area contributed by atoms with E-state index in [-0.39, 0.29) is 5.41 Å². The Balaban J connectivity index is 1.07. The van der Waals surface area contributed by atoms with Crippen molar-refractivity contribution in [2.45, 2.75) is 19.3 Å². The fourth-order valence-electron chi connectivity index (χ4n) is 8.61. The van der Waals surface area contributed by atoms with Crippen molar-refractivity contribution in [2.24, 2.45) is 0 Å². The molecule has 11 rings (SSSR count). The number of benzene rings is 8. The van der Waals surface area contributed by atoms with Gasteiger partial charge in [0.15, 0.2) is 5.58 Å². The summed E-state index contributed by atoms with van der Waals surface area (Å²) in [6.07, 6.45) is 0. The van der Waals surface area contributed by atoms with Gasteiger partial charge in [-0.1, -0.05) is 123 Å². The predicted octanol–water partition coefficient (Wildman–Crippen LogP) is 14.0. The van der Waals surface area contributed by atoms with Crippen molar-refractivity contribution in [1.29, 1.82) is 0 Å². The maximum absolute atomic E-state index is 6.65. The smallest absolute Gasteiger partial charge is 0.228 e. The Morgan fingerprint density at radius 1 is 0.481 bits per heavy atom. The van der Waals surface area contributed by atoms with Gasteiger partial charge in [0.2, 0.25) is 5.89 Å². The van der Waals surface area contributed by atoms with Gasteiger partial charge in [-0.2, -0.15) is 0 Å². The second-order valence-electron chi connectivity index (χ2n) is 14.8. The van der Waals surface area contributed by atoms with Gasteiger partial charge in [0.25, 0.3) is 0 Å². The average Bonchev–Trinajstić information content (AvgIpc) is 3.89. The van der Waals surface area contributed by atoms with E-state index in [0.717, 1.165) is 66.4 Å². The van der Waals surface area contributed by atoms with Crippen LogP contribution >= 0.6 is 0 Å². The van der Waals surface area contributed by atoms with Gasteiger partial charge in [0.1, 0.15) is 16.7 Å². The van der Waals surface area contributed by atoms with Crippen LogP contribution in [0.2, 0.25) is 0 Å². The summed E-state index contributed by atoms with van der Waals surface area (Å²) >= 11 is 0. The molecule has 2 aromatic heterocycles. The Labute approximate surface area is 312 Å². The molecule has 0 fully saturated rings. The highest BCUT2D eigenvalue weighted by Gasteiger charge is 2.35. The molecule has 0 saturated heterocycles. The van der Waals surface area contributed by atoms with Crippen LogP contribution in [0.3, 0.4) is 0 Å². The molecule has 4 heteroatoms. The zero-order valence-corrected chi connectivity index (χ0v) is 29.9. The zero-order chi connectivity index (χ0) is 36.0. The summed E-state index contributed by atoms with van der Waals surface area (Å²) in [5, 5.41) is 4.19. The van der Waals surface area contributed by atoms with E-state index in [1.165, 1.54) is 33.4 Å². The molecule has 0 atom stereocenters. The molecule has 0 spiro atoms. The molecule has 0 saturated carbocycles. The van der Waals surface area contributed by atoms with Crippen LogP contribution < -0.4 is 4.90 Å². The van der Waals surface area contributed by atoms with Gasteiger partial charge in [0, 0.05) is 50.3 Å². The molecule has 54 heavy (non-hydrogen) atoms. The molecule has 0 radical (unpaired) electrons. The second kappa shape index (κ2) is 11.5. The van der Waals surface area contributed by atoms with E-state index < -0.39 is 0 Å². The van der Waals surface area contributed by atoms with Crippen molar-refractivity contribution < 1.29 is 8.83 Å². The molecule has 256 valence electrons. The van der Waals surface area contributed by atoms with E-state index in [1.54, 1.807) is 0 Å². The Bertz CT molecular complexity index is 3080. The Kier molecular flexibility index (Phi) is 6.56. The molecule has 0 N–H and O–H groups in total. The first-order chi connectivity index (χ1) is 26.5. The highest BCUT2D eigenvalue weighted by atomic mass is 16.3. The third-order valence-corrected chi connectivity index (χ3v) is 11.3. The summed E-state index contributed by atoms with van der Waals surface area (Å²) < 4.78 is 13.2. The third kappa shape index (κ3) is 4.60. The van der Waals surface area contributed by atoms with Crippen LogP contribution in [-0.4, -0.2) is 4.98 Å². The molecule has 1 aliphatic rings. The first-order valence-electron chi connectivity index (χ1n) is 18.5. The van der Waals surface area contributed by atoms with E-state index in [2.05, 4.69) is 158 Å². The first-order valence-corrected chi connectivity index (χ1v) is 18.5. The number of hydrogen-bond acceptors (Lipinski definition) is 4. The van der Waals surface area contributed by atoms with E-state index in [9.17, 15) is 0 Å². The summed E-state index contributed by atoms with van der Waals surface area (Å²) in [6.45, 7) is 4.66. The monoisotopic (exact) mass is 694 g/mol. The van der Waals surface area contributed by atoms with E-state index in [1.807, 2.05) is 30.3 Å². The van der Waals surface area contributed by atoms with Crippen LogP contribution in [-0.2, 0) is 5.41 Å². The predicted molar refractivity (Wildman–Crippen MR) is 222 cm³/mol. The zero-order valence-electron chi connectivity index (χ0n) is 29.9. The molecule has 10 aromatic rings. The fraction of sp³-hybridized carbons (Fsp3) is 0.0600. The second-order valence-corrected chi connectivity index (χ2v) is 14.8. The molecular weight excluding hydrogens is 661 g/mol. The normalized spacial score (nSPS) is 13.1. The number of anilines is 3. The van der Waals surface area contributed by atoms with Crippen LogP contribution in [0.15, 0.2) is 179 Å². The Morgan fingerprint density at radius 2 is 1.19 bits per heavy atom. The quantitative estimate of drug-likeness (QED) is 0.180. The maximum atomic E-state index is 6.65. The Morgan fingerprint density at radius 3 is 2.07 bits per heavy atom. The molecular formula is C50H34N2O2. The van der Waals surface area contributed by atoms with Gasteiger partial charge >= 0.3 is 0 Å². The maximum Gasteiger partial charge on any atom is 0.228 e. The first kappa shape index (κ1) is 30.7. The van der Waals surface area contributed by atoms with Crippen molar-refractivity contribution in [2.75, 3.05) is 4.90 Å². The molecule has 8 aromatic carbocycles. The highest BCUT2D eigenvalue weighted by Crippen LogP contribution is 2.51. The van der Waals surface area contributed by atoms with Gasteiger partial charge in [0.05, 0.1) is 0 Å². The van der Waals surface area contributed by atoms with Crippen molar-refractivity contribution in [3.05, 3.63) is 181 Å². The molecule has 2 heterocycles. The lowest BCUT2D eigenvalue weighted by Gasteiger charge is -2.28. The number of aromatic nitrogens is 1. The van der Waals surface area contributed by atoms with Crippen LogP contribution in [0.5, 0.6) is 0 Å². The molecule has 4 nitrogen and oxygen atoms in total. The topological polar surface area (TPSA) is 42.4 Å². The van der Waals surface area contributed by atoms with Crippen molar-refractivity contribution >= 4 is 60.9 Å². The van der Waals surface area contributed by atoms with Gasteiger partial charge in [-0.05, 0) is 93.4 Å². The number of oxazole rings is 1. The van der Waals surface area contributed by atoms with E-state index in [0.29, 0.717) is 5.89 Å². The van der Waals surface area contributed by atoms with E-state index >= 15 is 0 Å². The summed E-state index contributed by atoms with van der Waals surface area (Å²) in [4.78, 5) is 7.30. The number of furan rings is 1. The molecule has 0 unspecified atom stereocenters. The summed E-state index contributed by atoms with van der Waals surface area (Å²) in [5.74, 6) is 0.584. The SMILES string of the molecule is CC1(C)c2ccccc2-c2ccc(N(c3ccc(-c4ccccc4)cc3)c3ccc4c(c3)oc3cccc(-c5nc6ccc7ccccc7c6o5)c34)cc21. The summed E-state index contributed by atoms with van der Waals surface area (Å²) in [7, 11) is 0. The third-order valence-electron chi connectivity index (χ3n) is 11.3. The standard InChI is InChI=1S/C50H34N2O2/c1-50(2)42-17-9-8-15-38(42)39-26-24-35(29-43(39)50)52(34-22-19-32(20-23-34)31-11-4-3-5-12-31)36-25-27-40-46(30-36)53-45-18-10-16-41(47(40)45)49-51-44-28-21-33-13-6-7-14-37(33)48(44)54-49/h3-30H,1-2H3. The number of hydrogen-bond donors (Lipinski definition) is 0. The van der Waals surface area contributed by atoms with Crippen molar-refractivity contribution in [3.8, 4) is 33.7 Å². The van der Waals surface area contributed by atoms with Crippen LogP contribution in [0, 0.1) is 0 Å². The minimum absolute atomic E-state index is 0.124. The number of rotatable bonds is 5. The molecule has 1 aliphatic carbocycles. The van der Waals surface area contributed by atoms with Crippen LogP contribution in [0.1, 0.15) is 25.0 Å². The summed E-state index contributed by atoms with van der Waals surface area (Å²) in [6, 6.07) is 60.1. The van der Waals surface area contributed by atoms with Gasteiger partial charge < -0.3 is 13.7 Å². The van der Waals surface area contributed by atoms with Gasteiger partial charge in [-0.25, -0.2) is 4.98 Å². The minimum Gasteiger partial charge on any atom is -0.456 e. The van der Waals surface area contributed by atoms with Crippen molar-refractivity contribution in [3.63, 3.8) is 0 Å². The Hall–Kier alpha value is -6.91. The minimum atomic E-state index is -0.124. The lowest BCUT2D eigenvalue weighted by molar-refractivity contribution is 0.623. The molecule has 0 bridgehead atoms. The molecule has 0 aliphatic heterocycles. The fourth-order valence-corrected chi connectivity index (χ4v) is 8.61. The average molecular weight is 695 g/mol. The van der Waals surface area contributed by atoms with Crippen LogP contribution in [0.4, 0.5) is 17.1 Å². The highest BCUT2D eigenvalue weighted by molar-refractivity contribution is 6.13. The van der Waals surface area contributed by atoms with Gasteiger partial charge in [-0.3, -0.25) is 0 Å².